The van der Waals surface area contributed by atoms with E-state index in [1.807, 2.05) is 13.0 Å². The van der Waals surface area contributed by atoms with E-state index in [-0.39, 0.29) is 5.97 Å². The summed E-state index contributed by atoms with van der Waals surface area (Å²) in [4.78, 5) is 10.9. The maximum Gasteiger partial charge on any atom is 0.309 e. The van der Waals surface area contributed by atoms with Gasteiger partial charge in [-0.1, -0.05) is 35.9 Å². The Bertz CT molecular complexity index is 361. The molecule has 1 rings (SSSR count). The molecular weight excluding hydrogens is 188 g/mol. The third-order valence-electron chi connectivity index (χ3n) is 2.31. The summed E-state index contributed by atoms with van der Waals surface area (Å²) in [6.45, 7) is 4.05. The molecule has 0 aliphatic heterocycles. The summed E-state index contributed by atoms with van der Waals surface area (Å²) in [6.07, 6.45) is 2.21. The standard InChI is InChI=1S/C13H16O2/c1-10-4-7-12(8-5-10)11(2)6-9-13(14)15-3/h4-8H,9H2,1-3H3/b11-6+. The third-order valence-corrected chi connectivity index (χ3v) is 2.31. The average Bonchev–Trinajstić information content (AvgIpc) is 2.26. The van der Waals surface area contributed by atoms with E-state index >= 15 is 0 Å². The van der Waals surface area contributed by atoms with Gasteiger partial charge in [-0.05, 0) is 25.0 Å². The van der Waals surface area contributed by atoms with Gasteiger partial charge < -0.3 is 4.74 Å². The van der Waals surface area contributed by atoms with Crippen molar-refractivity contribution in [2.75, 3.05) is 7.11 Å². The van der Waals surface area contributed by atoms with Crippen LogP contribution in [0.1, 0.15) is 24.5 Å². The fraction of sp³-hybridized carbons (Fsp3) is 0.308. The molecule has 0 aromatic heterocycles. The highest BCUT2D eigenvalue weighted by Gasteiger charge is 1.98. The Morgan fingerprint density at radius 1 is 1.33 bits per heavy atom. The molecule has 0 radical (unpaired) electrons. The molecule has 0 saturated heterocycles. The molecule has 15 heavy (non-hydrogen) atoms. The fourth-order valence-electron chi connectivity index (χ4n) is 1.25. The first kappa shape index (κ1) is 11.5. The Kier molecular flexibility index (Phi) is 4.10. The first-order valence-electron chi connectivity index (χ1n) is 4.94. The molecule has 0 saturated carbocycles. The molecule has 0 bridgehead atoms. The quantitative estimate of drug-likeness (QED) is 0.707. The molecule has 0 heterocycles. The van der Waals surface area contributed by atoms with E-state index < -0.39 is 0 Å². The molecule has 2 heteroatoms. The Morgan fingerprint density at radius 3 is 2.47 bits per heavy atom. The van der Waals surface area contributed by atoms with Crippen molar-refractivity contribution in [3.8, 4) is 0 Å². The monoisotopic (exact) mass is 204 g/mol. The molecule has 0 spiro atoms. The zero-order valence-electron chi connectivity index (χ0n) is 9.41. The minimum Gasteiger partial charge on any atom is -0.469 e. The maximum absolute atomic E-state index is 10.9. The molecule has 0 N–H and O–H groups in total. The number of carbonyl (C=O) groups is 1. The van der Waals surface area contributed by atoms with E-state index in [2.05, 4.69) is 35.9 Å². The summed E-state index contributed by atoms with van der Waals surface area (Å²) in [5, 5.41) is 0. The zero-order chi connectivity index (χ0) is 11.3. The van der Waals surface area contributed by atoms with Crippen LogP contribution < -0.4 is 0 Å². The van der Waals surface area contributed by atoms with Gasteiger partial charge in [-0.3, -0.25) is 4.79 Å². The second-order valence-electron chi connectivity index (χ2n) is 3.53. The van der Waals surface area contributed by atoms with Crippen molar-refractivity contribution in [2.45, 2.75) is 20.3 Å². The molecular formula is C13H16O2. The highest BCUT2D eigenvalue weighted by atomic mass is 16.5. The number of carbonyl (C=O) groups excluding carboxylic acids is 1. The third kappa shape index (κ3) is 3.58. The molecule has 80 valence electrons. The van der Waals surface area contributed by atoms with Crippen LogP contribution in [0, 0.1) is 6.92 Å². The van der Waals surface area contributed by atoms with Crippen LogP contribution in [-0.2, 0) is 9.53 Å². The van der Waals surface area contributed by atoms with E-state index in [1.54, 1.807) is 0 Å². The van der Waals surface area contributed by atoms with Gasteiger partial charge in [-0.2, -0.15) is 0 Å². The number of aryl methyl sites for hydroxylation is 1. The lowest BCUT2D eigenvalue weighted by Crippen LogP contribution is -1.97. The smallest absolute Gasteiger partial charge is 0.309 e. The highest BCUT2D eigenvalue weighted by molar-refractivity contribution is 5.75. The van der Waals surface area contributed by atoms with Crippen LogP contribution >= 0.6 is 0 Å². The van der Waals surface area contributed by atoms with Crippen molar-refractivity contribution < 1.29 is 9.53 Å². The zero-order valence-corrected chi connectivity index (χ0v) is 9.41. The Morgan fingerprint density at radius 2 is 1.93 bits per heavy atom. The highest BCUT2D eigenvalue weighted by Crippen LogP contribution is 2.14. The van der Waals surface area contributed by atoms with Gasteiger partial charge in [0.1, 0.15) is 0 Å². The summed E-state index contributed by atoms with van der Waals surface area (Å²) in [6, 6.07) is 8.23. The largest absolute Gasteiger partial charge is 0.469 e. The first-order valence-corrected chi connectivity index (χ1v) is 4.94. The van der Waals surface area contributed by atoms with Crippen LogP contribution in [-0.4, -0.2) is 13.1 Å². The topological polar surface area (TPSA) is 26.3 Å². The summed E-state index contributed by atoms with van der Waals surface area (Å²) in [5.41, 5.74) is 3.48. The second-order valence-corrected chi connectivity index (χ2v) is 3.53. The van der Waals surface area contributed by atoms with Crippen LogP contribution in [0.5, 0.6) is 0 Å². The predicted molar refractivity (Wildman–Crippen MR) is 61.5 cm³/mol. The molecule has 0 fully saturated rings. The summed E-state index contributed by atoms with van der Waals surface area (Å²) >= 11 is 0. The van der Waals surface area contributed by atoms with Crippen LogP contribution in [0.15, 0.2) is 30.3 Å². The van der Waals surface area contributed by atoms with Crippen molar-refractivity contribution in [1.82, 2.24) is 0 Å². The number of hydrogen-bond acceptors (Lipinski definition) is 2. The minimum atomic E-state index is -0.207. The van der Waals surface area contributed by atoms with Gasteiger partial charge in [0.15, 0.2) is 0 Å². The second kappa shape index (κ2) is 5.35. The van der Waals surface area contributed by atoms with E-state index in [4.69, 9.17) is 0 Å². The normalized spacial score (nSPS) is 11.3. The van der Waals surface area contributed by atoms with Gasteiger partial charge in [0, 0.05) is 0 Å². The van der Waals surface area contributed by atoms with Crippen LogP contribution in [0.3, 0.4) is 0 Å². The number of methoxy groups -OCH3 is 1. The van der Waals surface area contributed by atoms with Gasteiger partial charge in [0.05, 0.1) is 13.5 Å². The number of benzene rings is 1. The lowest BCUT2D eigenvalue weighted by atomic mass is 10.1. The van der Waals surface area contributed by atoms with Crippen molar-refractivity contribution >= 4 is 11.5 Å². The molecule has 0 atom stereocenters. The number of rotatable bonds is 3. The number of allylic oxidation sites excluding steroid dienone is 1. The van der Waals surface area contributed by atoms with Gasteiger partial charge in [-0.15, -0.1) is 0 Å². The Balaban J connectivity index is 2.71. The van der Waals surface area contributed by atoms with E-state index in [9.17, 15) is 4.79 Å². The summed E-state index contributed by atoms with van der Waals surface area (Å²) < 4.78 is 4.57. The molecule has 0 amide bonds. The lowest BCUT2D eigenvalue weighted by molar-refractivity contribution is -0.139. The van der Waals surface area contributed by atoms with Crippen LogP contribution in [0.2, 0.25) is 0 Å². The molecule has 1 aromatic rings. The van der Waals surface area contributed by atoms with Crippen molar-refractivity contribution in [3.05, 3.63) is 41.5 Å². The van der Waals surface area contributed by atoms with Crippen molar-refractivity contribution in [3.63, 3.8) is 0 Å². The first-order chi connectivity index (χ1) is 7.13. The number of esters is 1. The van der Waals surface area contributed by atoms with Crippen molar-refractivity contribution in [1.29, 1.82) is 0 Å². The molecule has 0 aliphatic rings. The number of ether oxygens (including phenoxy) is 1. The number of hydrogen-bond donors (Lipinski definition) is 0. The fourth-order valence-corrected chi connectivity index (χ4v) is 1.25. The van der Waals surface area contributed by atoms with Gasteiger partial charge in [0.25, 0.3) is 0 Å². The SMILES string of the molecule is COC(=O)C/C=C(\C)c1ccc(C)cc1. The van der Waals surface area contributed by atoms with E-state index in [0.717, 1.165) is 11.1 Å². The lowest BCUT2D eigenvalue weighted by Gasteiger charge is -2.02. The molecule has 0 unspecified atom stereocenters. The van der Waals surface area contributed by atoms with Crippen LogP contribution in [0.4, 0.5) is 0 Å². The van der Waals surface area contributed by atoms with Gasteiger partial charge >= 0.3 is 5.97 Å². The van der Waals surface area contributed by atoms with E-state index in [0.29, 0.717) is 6.42 Å². The Hall–Kier alpha value is -1.57. The predicted octanol–water partition coefficient (Wildman–Crippen LogP) is 2.96. The van der Waals surface area contributed by atoms with Crippen LogP contribution in [0.25, 0.3) is 5.57 Å². The molecule has 0 aliphatic carbocycles. The summed E-state index contributed by atoms with van der Waals surface area (Å²) in [7, 11) is 1.40. The minimum absolute atomic E-state index is 0.207. The maximum atomic E-state index is 10.9. The average molecular weight is 204 g/mol. The molecule has 2 nitrogen and oxygen atoms in total. The summed E-state index contributed by atoms with van der Waals surface area (Å²) in [5.74, 6) is -0.207. The van der Waals surface area contributed by atoms with E-state index in [1.165, 1.54) is 12.7 Å². The van der Waals surface area contributed by atoms with Crippen molar-refractivity contribution in [2.24, 2.45) is 0 Å². The van der Waals surface area contributed by atoms with Gasteiger partial charge in [-0.25, -0.2) is 0 Å². The Labute approximate surface area is 90.6 Å². The van der Waals surface area contributed by atoms with Gasteiger partial charge in [0.2, 0.25) is 0 Å². The molecule has 1 aromatic carbocycles.